The first-order valence-electron chi connectivity index (χ1n) is 18.3. The van der Waals surface area contributed by atoms with Gasteiger partial charge in [0.1, 0.15) is 8.07 Å². The van der Waals surface area contributed by atoms with Crippen LogP contribution in [0.5, 0.6) is 0 Å². The van der Waals surface area contributed by atoms with Crippen LogP contribution in [0.25, 0.3) is 0 Å². The van der Waals surface area contributed by atoms with E-state index in [1.54, 1.807) is 10.4 Å². The van der Waals surface area contributed by atoms with Crippen molar-refractivity contribution in [3.8, 4) is 0 Å². The average molecular weight is 595 g/mol. The molecular weight excluding hydrogens is 533 g/mol. The Morgan fingerprint density at radius 2 is 1.12 bits per heavy atom. The number of benzene rings is 2. The van der Waals surface area contributed by atoms with E-state index >= 15 is 0 Å². The molecule has 4 saturated carbocycles. The normalized spacial score (nSPS) is 34.9. The fraction of sp³-hybridized carbons (Fsp3) is 0.667. The van der Waals surface area contributed by atoms with Crippen LogP contribution in [0.4, 0.5) is 0 Å². The van der Waals surface area contributed by atoms with Crippen molar-refractivity contribution in [3.05, 3.63) is 73.3 Å². The maximum absolute atomic E-state index is 4.10. The van der Waals surface area contributed by atoms with Crippen molar-refractivity contribution in [2.45, 2.75) is 123 Å². The molecule has 0 aromatic heterocycles. The summed E-state index contributed by atoms with van der Waals surface area (Å²) in [6.07, 6.45) is 17.9. The van der Waals surface area contributed by atoms with E-state index in [0.29, 0.717) is 10.8 Å². The van der Waals surface area contributed by atoms with Gasteiger partial charge in [0.15, 0.2) is 0 Å². The molecule has 4 aliphatic carbocycles. The summed E-state index contributed by atoms with van der Waals surface area (Å²) in [4.78, 5) is 0. The number of hydrogen-bond donors (Lipinski definition) is 0. The third-order valence-electron chi connectivity index (χ3n) is 13.8. The van der Waals surface area contributed by atoms with Gasteiger partial charge < -0.3 is 0 Å². The van der Waals surface area contributed by atoms with Crippen LogP contribution in [-0.4, -0.2) is 8.07 Å². The van der Waals surface area contributed by atoms with Crippen LogP contribution < -0.4 is 10.4 Å². The van der Waals surface area contributed by atoms with Crippen LogP contribution in [0.3, 0.4) is 0 Å². The van der Waals surface area contributed by atoms with Gasteiger partial charge in [-0.15, -0.1) is 6.58 Å². The lowest BCUT2D eigenvalue weighted by Gasteiger charge is -2.51. The summed E-state index contributed by atoms with van der Waals surface area (Å²) < 4.78 is 0. The summed E-state index contributed by atoms with van der Waals surface area (Å²) in [6.45, 7) is 19.4. The largest absolute Gasteiger partial charge is 0.124 e. The van der Waals surface area contributed by atoms with E-state index in [4.69, 9.17) is 0 Å². The van der Waals surface area contributed by atoms with Gasteiger partial charge in [-0.2, -0.15) is 0 Å². The molecule has 0 spiro atoms. The summed E-state index contributed by atoms with van der Waals surface area (Å²) in [5.41, 5.74) is 2.53. The van der Waals surface area contributed by atoms with Gasteiger partial charge in [-0.25, -0.2) is 0 Å². The topological polar surface area (TPSA) is 0 Å². The van der Waals surface area contributed by atoms with Crippen LogP contribution in [0.1, 0.15) is 112 Å². The molecule has 8 atom stereocenters. The molecule has 0 heterocycles. The maximum Gasteiger partial charge on any atom is 0.124 e. The number of rotatable bonds is 7. The predicted molar refractivity (Wildman–Crippen MR) is 190 cm³/mol. The summed E-state index contributed by atoms with van der Waals surface area (Å²) >= 11 is 0. The van der Waals surface area contributed by atoms with E-state index in [9.17, 15) is 0 Å². The Morgan fingerprint density at radius 1 is 0.628 bits per heavy atom. The minimum absolute atomic E-state index is 0.407. The van der Waals surface area contributed by atoms with Crippen LogP contribution >= 0.6 is 0 Å². The van der Waals surface area contributed by atoms with Crippen LogP contribution in [0, 0.1) is 52.3 Å². The summed E-state index contributed by atoms with van der Waals surface area (Å²) in [5, 5.41) is 3.55. The van der Waals surface area contributed by atoms with E-state index < -0.39 is 8.07 Å². The molecule has 0 saturated heterocycles. The Balaban J connectivity index is 1.56. The predicted octanol–water partition coefficient (Wildman–Crippen LogP) is 10.9. The monoisotopic (exact) mass is 594 g/mol. The average Bonchev–Trinajstić information content (AvgIpc) is 3.60. The van der Waals surface area contributed by atoms with E-state index in [0.717, 1.165) is 52.5 Å². The van der Waals surface area contributed by atoms with Crippen molar-refractivity contribution < 1.29 is 0 Å². The second-order valence-corrected chi connectivity index (χ2v) is 22.2. The van der Waals surface area contributed by atoms with Gasteiger partial charge in [0.2, 0.25) is 0 Å². The molecule has 4 fully saturated rings. The zero-order chi connectivity index (χ0) is 30.4. The summed E-state index contributed by atoms with van der Waals surface area (Å²) in [7, 11) is -2.18. The lowest BCUT2D eigenvalue weighted by Crippen LogP contribution is -2.66. The molecule has 0 amide bonds. The number of allylic oxidation sites excluding steroid dienone is 1. The van der Waals surface area contributed by atoms with Gasteiger partial charge in [0, 0.05) is 0 Å². The minimum Gasteiger partial charge on any atom is -0.103 e. The molecule has 4 aliphatic rings. The van der Waals surface area contributed by atoms with E-state index in [-0.39, 0.29) is 0 Å². The molecule has 2 aromatic rings. The molecule has 0 nitrogen and oxygen atoms in total. The zero-order valence-electron chi connectivity index (χ0n) is 28.5. The van der Waals surface area contributed by atoms with Crippen LogP contribution in [0.2, 0.25) is 11.1 Å². The number of hydrogen-bond acceptors (Lipinski definition) is 0. The molecule has 234 valence electrons. The first-order chi connectivity index (χ1) is 20.5. The van der Waals surface area contributed by atoms with E-state index in [1.807, 2.05) is 0 Å². The van der Waals surface area contributed by atoms with Gasteiger partial charge in [-0.05, 0) is 121 Å². The fourth-order valence-electron chi connectivity index (χ4n) is 11.7. The minimum atomic E-state index is -2.18. The molecule has 1 heteroatoms. The Morgan fingerprint density at radius 3 is 1.56 bits per heavy atom. The van der Waals surface area contributed by atoms with Crippen molar-refractivity contribution >= 4 is 18.4 Å². The highest BCUT2D eigenvalue weighted by Crippen LogP contribution is 2.68. The molecule has 43 heavy (non-hydrogen) atoms. The van der Waals surface area contributed by atoms with Gasteiger partial charge in [-0.1, -0.05) is 131 Å². The Kier molecular flexibility index (Phi) is 8.98. The van der Waals surface area contributed by atoms with Crippen molar-refractivity contribution in [2.24, 2.45) is 52.3 Å². The number of fused-ring (bicyclic) bond motifs is 3. The SMILES string of the molecule is C=CCCC1CCC([Si](c2ccccc2)(c2ccccc2)C2C3CC(C(C)(C)C)CCC3C3CCC(C(C)(C)C)CC32)C1. The summed E-state index contributed by atoms with van der Waals surface area (Å²) in [5.74, 6) is 6.28. The second-order valence-electron chi connectivity index (χ2n) is 17.8. The Hall–Kier alpha value is -1.60. The van der Waals surface area contributed by atoms with Crippen molar-refractivity contribution in [2.75, 3.05) is 0 Å². The molecular formula is C42H62Si. The molecule has 0 N–H and O–H groups in total. The zero-order valence-corrected chi connectivity index (χ0v) is 29.5. The lowest BCUT2D eigenvalue weighted by molar-refractivity contribution is 0.0722. The third-order valence-corrected chi connectivity index (χ3v) is 20.1. The third kappa shape index (κ3) is 5.79. The highest BCUT2D eigenvalue weighted by Gasteiger charge is 2.64. The molecule has 0 bridgehead atoms. The highest BCUT2D eigenvalue weighted by molar-refractivity contribution is 7.04. The van der Waals surface area contributed by atoms with Crippen LogP contribution in [0.15, 0.2) is 73.3 Å². The van der Waals surface area contributed by atoms with Crippen molar-refractivity contribution in [1.29, 1.82) is 0 Å². The molecule has 2 aromatic carbocycles. The van der Waals surface area contributed by atoms with E-state index in [2.05, 4.69) is 115 Å². The maximum atomic E-state index is 4.10. The van der Waals surface area contributed by atoms with E-state index in [1.165, 1.54) is 70.6 Å². The first kappa shape index (κ1) is 31.4. The quantitative estimate of drug-likeness (QED) is 0.221. The molecule has 0 radical (unpaired) electrons. The Labute approximate surface area is 266 Å². The lowest BCUT2D eigenvalue weighted by atomic mass is 9.62. The van der Waals surface area contributed by atoms with Gasteiger partial charge in [0.05, 0.1) is 0 Å². The standard InChI is InChI=1S/C42H62Si/c1-8-9-16-30-21-24-35(27-30)43(33-17-12-10-13-18-33,34-19-14-11-15-20-34)40-38-28-31(41(2,3)4)22-25-36(38)37-26-23-32(29-39(37)40)42(5,6)7/h8,10-15,17-20,30-32,35-40H,1,9,16,21-29H2,2-7H3. The molecule has 8 unspecified atom stereocenters. The summed E-state index contributed by atoms with van der Waals surface area (Å²) in [6, 6.07) is 24.6. The smallest absolute Gasteiger partial charge is 0.103 e. The highest BCUT2D eigenvalue weighted by atomic mass is 28.3. The van der Waals surface area contributed by atoms with Crippen molar-refractivity contribution in [3.63, 3.8) is 0 Å². The first-order valence-corrected chi connectivity index (χ1v) is 20.4. The van der Waals surface area contributed by atoms with Gasteiger partial charge >= 0.3 is 0 Å². The Bertz CT molecular complexity index is 1120. The molecule has 6 rings (SSSR count). The molecule has 0 aliphatic heterocycles. The van der Waals surface area contributed by atoms with Gasteiger partial charge in [-0.3, -0.25) is 0 Å². The fourth-order valence-corrected chi connectivity index (χ4v) is 19.3. The van der Waals surface area contributed by atoms with Gasteiger partial charge in [0.25, 0.3) is 0 Å². The second kappa shape index (κ2) is 12.3. The van der Waals surface area contributed by atoms with Crippen LogP contribution in [-0.2, 0) is 0 Å². The van der Waals surface area contributed by atoms with Crippen molar-refractivity contribution in [1.82, 2.24) is 0 Å².